The molecular weight excluding hydrogens is 668 g/mol. The maximum absolute atomic E-state index is 13.0. The van der Waals surface area contributed by atoms with E-state index in [2.05, 4.69) is 29.2 Å². The van der Waals surface area contributed by atoms with Crippen LogP contribution >= 0.6 is 0 Å². The van der Waals surface area contributed by atoms with Gasteiger partial charge in [0, 0.05) is 31.6 Å². The zero-order valence-corrected chi connectivity index (χ0v) is 29.9. The highest BCUT2D eigenvalue weighted by atomic mass is 16.7. The molecule has 5 aromatic rings. The lowest BCUT2D eigenvalue weighted by Gasteiger charge is -2.39. The average Bonchev–Trinajstić information content (AvgIpc) is 3.45. The van der Waals surface area contributed by atoms with E-state index >= 15 is 0 Å². The Hall–Kier alpha value is -5.32. The number of methoxy groups -OCH3 is 2. The molecule has 2 amide bonds. The second kappa shape index (κ2) is 15.0. The normalized spacial score (nSPS) is 19.9. The van der Waals surface area contributed by atoms with Crippen LogP contribution in [-0.4, -0.2) is 60.1 Å². The number of hydrogen-bond donors (Lipinski definition) is 1. The number of nitrogens with zero attached hydrogens (tertiary/aromatic N) is 2. The highest BCUT2D eigenvalue weighted by molar-refractivity contribution is 6.21. The number of fused-ring (bicyclic) bond motifs is 2. The molecule has 0 unspecified atom stereocenters. The van der Waals surface area contributed by atoms with Crippen molar-refractivity contribution in [3.05, 3.63) is 154 Å². The lowest BCUT2D eigenvalue weighted by atomic mass is 9.96. The van der Waals surface area contributed by atoms with Crippen molar-refractivity contribution in [1.82, 2.24) is 9.80 Å². The molecule has 5 aromatic carbocycles. The molecule has 8 rings (SSSR count). The van der Waals surface area contributed by atoms with Gasteiger partial charge in [0.25, 0.3) is 11.8 Å². The van der Waals surface area contributed by atoms with Gasteiger partial charge >= 0.3 is 0 Å². The van der Waals surface area contributed by atoms with Gasteiger partial charge in [0.2, 0.25) is 0 Å². The third kappa shape index (κ3) is 7.09. The minimum absolute atomic E-state index is 0.00865. The molecule has 0 aromatic heterocycles. The van der Waals surface area contributed by atoms with Crippen LogP contribution in [0.5, 0.6) is 11.5 Å². The van der Waals surface area contributed by atoms with Crippen molar-refractivity contribution in [1.29, 1.82) is 0 Å². The summed E-state index contributed by atoms with van der Waals surface area (Å²) in [5.74, 6) is 0.963. The number of amides is 2. The molecule has 0 bridgehead atoms. The summed E-state index contributed by atoms with van der Waals surface area (Å²) in [5, 5.41) is 9.62. The topological polar surface area (TPSA) is 97.8 Å². The van der Waals surface area contributed by atoms with Crippen molar-refractivity contribution in [2.24, 2.45) is 0 Å². The van der Waals surface area contributed by atoms with Crippen molar-refractivity contribution in [3.63, 3.8) is 0 Å². The molecule has 0 aliphatic carbocycles. The van der Waals surface area contributed by atoms with E-state index in [1.165, 1.54) is 16.0 Å². The largest absolute Gasteiger partial charge is 0.493 e. The average molecular weight is 711 g/mol. The van der Waals surface area contributed by atoms with Crippen molar-refractivity contribution >= 4 is 11.8 Å². The lowest BCUT2D eigenvalue weighted by molar-refractivity contribution is -0.253. The van der Waals surface area contributed by atoms with Gasteiger partial charge < -0.3 is 24.1 Å². The standard InChI is InChI=1S/C44H42N2O7/c1-50-40-21-34-18-19-45(25-35(34)22-41(40)51-2)26-36-23-39(31-12-10-28(27-47)11-13-31)53-44(52-36)32-16-14-30(15-17-32)33-7-5-6-29(20-33)24-46-42(48)37-8-3-4-9-38(37)43(46)49/h3-17,20-22,36,39,44,47H,18-19,23-27H2,1-2H3/t36-,39+,44+/m1/s1. The van der Waals surface area contributed by atoms with Crippen LogP contribution in [0.15, 0.2) is 109 Å². The summed E-state index contributed by atoms with van der Waals surface area (Å²) in [5.41, 5.74) is 9.09. The third-order valence-corrected chi connectivity index (χ3v) is 10.5. The molecule has 3 aliphatic rings. The molecule has 0 spiro atoms. The Morgan fingerprint density at radius 2 is 1.40 bits per heavy atom. The first-order valence-corrected chi connectivity index (χ1v) is 18.0. The number of aliphatic hydroxyl groups excluding tert-OH is 1. The minimum atomic E-state index is -0.577. The quantitative estimate of drug-likeness (QED) is 0.151. The number of imide groups is 1. The van der Waals surface area contributed by atoms with Gasteiger partial charge in [0.05, 0.1) is 50.7 Å². The van der Waals surface area contributed by atoms with E-state index in [4.69, 9.17) is 18.9 Å². The first-order valence-electron chi connectivity index (χ1n) is 18.0. The molecule has 9 nitrogen and oxygen atoms in total. The van der Waals surface area contributed by atoms with Crippen LogP contribution < -0.4 is 9.47 Å². The summed E-state index contributed by atoms with van der Waals surface area (Å²) in [4.78, 5) is 29.7. The summed E-state index contributed by atoms with van der Waals surface area (Å²) in [7, 11) is 3.33. The summed E-state index contributed by atoms with van der Waals surface area (Å²) in [6.07, 6.45) is 0.757. The summed E-state index contributed by atoms with van der Waals surface area (Å²) >= 11 is 0. The van der Waals surface area contributed by atoms with E-state index in [1.807, 2.05) is 60.7 Å². The Kier molecular flexibility index (Phi) is 9.81. The molecular formula is C44H42N2O7. The van der Waals surface area contributed by atoms with Gasteiger partial charge in [-0.2, -0.15) is 0 Å². The first kappa shape index (κ1) is 34.7. The molecule has 1 saturated heterocycles. The Labute approximate surface area is 309 Å². The molecule has 0 radical (unpaired) electrons. The molecule has 3 atom stereocenters. The predicted octanol–water partition coefficient (Wildman–Crippen LogP) is 7.26. The van der Waals surface area contributed by atoms with E-state index in [1.54, 1.807) is 38.5 Å². The van der Waals surface area contributed by atoms with Crippen molar-refractivity contribution < 1.29 is 33.6 Å². The Morgan fingerprint density at radius 3 is 2.08 bits per heavy atom. The second-order valence-electron chi connectivity index (χ2n) is 13.9. The maximum Gasteiger partial charge on any atom is 0.261 e. The number of benzene rings is 5. The molecule has 3 heterocycles. The number of hydrogen-bond acceptors (Lipinski definition) is 8. The Bertz CT molecular complexity index is 2100. The second-order valence-corrected chi connectivity index (χ2v) is 13.9. The van der Waals surface area contributed by atoms with Crippen LogP contribution in [0, 0.1) is 0 Å². The van der Waals surface area contributed by atoms with Crippen molar-refractivity contribution in [3.8, 4) is 22.6 Å². The van der Waals surface area contributed by atoms with Crippen LogP contribution in [-0.2, 0) is 35.6 Å². The van der Waals surface area contributed by atoms with Gasteiger partial charge in [-0.05, 0) is 75.7 Å². The molecule has 0 saturated carbocycles. The van der Waals surface area contributed by atoms with Crippen molar-refractivity contribution in [2.45, 2.75) is 51.0 Å². The van der Waals surface area contributed by atoms with Crippen LogP contribution in [0.2, 0.25) is 0 Å². The predicted molar refractivity (Wildman–Crippen MR) is 199 cm³/mol. The van der Waals surface area contributed by atoms with E-state index < -0.39 is 6.29 Å². The van der Waals surface area contributed by atoms with Gasteiger partial charge in [0.1, 0.15) is 0 Å². The summed E-state index contributed by atoms with van der Waals surface area (Å²) in [6, 6.07) is 35.2. The fraction of sp³-hybridized carbons (Fsp3) is 0.273. The van der Waals surface area contributed by atoms with Crippen LogP contribution in [0.4, 0.5) is 0 Å². The smallest absolute Gasteiger partial charge is 0.261 e. The van der Waals surface area contributed by atoms with Gasteiger partial charge in [-0.3, -0.25) is 19.4 Å². The molecule has 3 aliphatic heterocycles. The SMILES string of the molecule is COc1cc2c(cc1OC)CN(C[C@H]1C[C@@H](c3ccc(CO)cc3)O[C@@H](c3ccc(-c4cccc(CN5C(=O)c6ccccc6C5=O)c4)cc3)O1)CC2. The number of carbonyl (C=O) groups is 2. The highest BCUT2D eigenvalue weighted by Gasteiger charge is 2.36. The Morgan fingerprint density at radius 1 is 0.717 bits per heavy atom. The third-order valence-electron chi connectivity index (χ3n) is 10.5. The van der Waals surface area contributed by atoms with E-state index in [0.29, 0.717) is 17.5 Å². The summed E-state index contributed by atoms with van der Waals surface area (Å²) in [6.45, 7) is 2.64. The maximum atomic E-state index is 13.0. The molecule has 270 valence electrons. The molecule has 53 heavy (non-hydrogen) atoms. The van der Waals surface area contributed by atoms with Crippen LogP contribution in [0.25, 0.3) is 11.1 Å². The number of ether oxygens (including phenoxy) is 4. The van der Waals surface area contributed by atoms with Gasteiger partial charge in [-0.25, -0.2) is 0 Å². The lowest BCUT2D eigenvalue weighted by Crippen LogP contribution is -2.41. The monoisotopic (exact) mass is 710 g/mol. The fourth-order valence-corrected chi connectivity index (χ4v) is 7.67. The fourth-order valence-electron chi connectivity index (χ4n) is 7.67. The number of rotatable bonds is 10. The molecule has 9 heteroatoms. The number of aliphatic hydroxyl groups is 1. The van der Waals surface area contributed by atoms with Gasteiger partial charge in [0.15, 0.2) is 17.8 Å². The molecule has 1 fully saturated rings. The van der Waals surface area contributed by atoms with E-state index in [9.17, 15) is 14.7 Å². The highest BCUT2D eigenvalue weighted by Crippen LogP contribution is 2.40. The van der Waals surface area contributed by atoms with Gasteiger partial charge in [-0.1, -0.05) is 78.9 Å². The van der Waals surface area contributed by atoms with E-state index in [-0.39, 0.29) is 37.2 Å². The zero-order valence-electron chi connectivity index (χ0n) is 29.9. The molecule has 1 N–H and O–H groups in total. The first-order chi connectivity index (χ1) is 25.9. The minimum Gasteiger partial charge on any atom is -0.493 e. The summed E-state index contributed by atoms with van der Waals surface area (Å²) < 4.78 is 24.5. The van der Waals surface area contributed by atoms with Crippen LogP contribution in [0.1, 0.15) is 72.9 Å². The Balaban J connectivity index is 0.995. The van der Waals surface area contributed by atoms with Crippen LogP contribution in [0.3, 0.4) is 0 Å². The van der Waals surface area contributed by atoms with Crippen molar-refractivity contribution in [2.75, 3.05) is 27.3 Å². The van der Waals surface area contributed by atoms with E-state index in [0.717, 1.165) is 70.9 Å². The zero-order chi connectivity index (χ0) is 36.5. The van der Waals surface area contributed by atoms with Gasteiger partial charge in [-0.15, -0.1) is 0 Å². The number of carbonyl (C=O) groups excluding carboxylic acids is 2.